The van der Waals surface area contributed by atoms with Gasteiger partial charge >= 0.3 is 0 Å². The molecule has 0 amide bonds. The van der Waals surface area contributed by atoms with E-state index < -0.39 is 33.2 Å². The van der Waals surface area contributed by atoms with Crippen molar-refractivity contribution < 1.29 is 18.6 Å². The van der Waals surface area contributed by atoms with Crippen molar-refractivity contribution in [1.82, 2.24) is 0 Å². The molecule has 0 aromatic rings. The quantitative estimate of drug-likeness (QED) is 0.676. The van der Waals surface area contributed by atoms with Gasteiger partial charge < -0.3 is 10.2 Å². The Labute approximate surface area is 79.5 Å². The van der Waals surface area contributed by atoms with Crippen LogP contribution in [0.5, 0.6) is 0 Å². The summed E-state index contributed by atoms with van der Waals surface area (Å²) in [6, 6.07) is 0. The van der Waals surface area contributed by atoms with Gasteiger partial charge in [0, 0.05) is 6.26 Å². The van der Waals surface area contributed by atoms with E-state index in [2.05, 4.69) is 0 Å². The van der Waals surface area contributed by atoms with Gasteiger partial charge in [-0.3, -0.25) is 0 Å². The molecule has 0 saturated carbocycles. The molecule has 4 nitrogen and oxygen atoms in total. The molecular weight excluding hydrogens is 192 g/mol. The minimum absolute atomic E-state index is 0.544. The van der Waals surface area contributed by atoms with Crippen LogP contribution in [0.4, 0.5) is 0 Å². The lowest BCUT2D eigenvalue weighted by Crippen LogP contribution is -2.44. The molecule has 0 saturated heterocycles. The van der Waals surface area contributed by atoms with E-state index in [-0.39, 0.29) is 0 Å². The molecule has 2 N–H and O–H groups in total. The van der Waals surface area contributed by atoms with Crippen molar-refractivity contribution in [3.05, 3.63) is 0 Å². The largest absolute Gasteiger partial charge is 0.395 e. The SMILES string of the molecule is CC(C)(C)C(O)C(CO)S(C)(=O)=O. The summed E-state index contributed by atoms with van der Waals surface area (Å²) < 4.78 is 22.3. The van der Waals surface area contributed by atoms with Crippen LogP contribution in [0, 0.1) is 5.41 Å². The zero-order chi connectivity index (χ0) is 10.9. The Morgan fingerprint density at radius 2 is 1.69 bits per heavy atom. The average molecular weight is 210 g/mol. The highest BCUT2D eigenvalue weighted by molar-refractivity contribution is 7.91. The van der Waals surface area contributed by atoms with Crippen molar-refractivity contribution >= 4 is 9.84 Å². The summed E-state index contributed by atoms with van der Waals surface area (Å²) in [5.41, 5.74) is -0.545. The highest BCUT2D eigenvalue weighted by Crippen LogP contribution is 2.24. The Morgan fingerprint density at radius 1 is 1.31 bits per heavy atom. The predicted octanol–water partition coefficient (Wildman–Crippen LogP) is -0.201. The molecule has 0 aromatic carbocycles. The number of hydrogen-bond acceptors (Lipinski definition) is 4. The van der Waals surface area contributed by atoms with Crippen LogP contribution in [-0.2, 0) is 9.84 Å². The third-order valence-corrected chi connectivity index (χ3v) is 3.48. The number of sulfone groups is 1. The summed E-state index contributed by atoms with van der Waals surface area (Å²) in [5.74, 6) is 0. The standard InChI is InChI=1S/C8H18O4S/c1-8(2,3)7(10)6(5-9)13(4,11)12/h6-7,9-10H,5H2,1-4H3. The molecule has 13 heavy (non-hydrogen) atoms. The molecule has 0 heterocycles. The van der Waals surface area contributed by atoms with E-state index in [1.807, 2.05) is 0 Å². The third kappa shape index (κ3) is 3.62. The molecule has 0 fully saturated rings. The maximum absolute atomic E-state index is 11.1. The lowest BCUT2D eigenvalue weighted by atomic mass is 9.87. The zero-order valence-corrected chi connectivity index (χ0v) is 9.30. The van der Waals surface area contributed by atoms with Crippen LogP contribution >= 0.6 is 0 Å². The van der Waals surface area contributed by atoms with Crippen molar-refractivity contribution in [2.45, 2.75) is 32.1 Å². The van der Waals surface area contributed by atoms with E-state index in [0.29, 0.717) is 0 Å². The second kappa shape index (κ2) is 3.94. The Kier molecular flexibility index (Phi) is 3.90. The molecule has 0 rings (SSSR count). The molecule has 0 bridgehead atoms. The summed E-state index contributed by atoms with van der Waals surface area (Å²) in [6.45, 7) is 4.64. The van der Waals surface area contributed by atoms with E-state index in [4.69, 9.17) is 5.11 Å². The minimum atomic E-state index is -3.40. The van der Waals surface area contributed by atoms with Gasteiger partial charge in [0.25, 0.3) is 0 Å². The van der Waals surface area contributed by atoms with Crippen LogP contribution in [0.3, 0.4) is 0 Å². The lowest BCUT2D eigenvalue weighted by Gasteiger charge is -2.30. The Balaban J connectivity index is 4.82. The van der Waals surface area contributed by atoms with Crippen LogP contribution in [0.1, 0.15) is 20.8 Å². The molecule has 2 unspecified atom stereocenters. The third-order valence-electron chi connectivity index (χ3n) is 1.97. The highest BCUT2D eigenvalue weighted by Gasteiger charge is 2.36. The zero-order valence-electron chi connectivity index (χ0n) is 8.48. The predicted molar refractivity (Wildman–Crippen MR) is 51.2 cm³/mol. The summed E-state index contributed by atoms with van der Waals surface area (Å²) in [5, 5.41) is 17.4. The molecule has 0 aromatic heterocycles. The fourth-order valence-corrected chi connectivity index (χ4v) is 2.17. The van der Waals surface area contributed by atoms with E-state index in [1.54, 1.807) is 20.8 Å². The summed E-state index contributed by atoms with van der Waals surface area (Å²) in [4.78, 5) is 0. The molecule has 0 aliphatic carbocycles. The molecule has 2 atom stereocenters. The van der Waals surface area contributed by atoms with Gasteiger partial charge in [0.2, 0.25) is 0 Å². The fourth-order valence-electron chi connectivity index (χ4n) is 1.03. The first kappa shape index (κ1) is 12.9. The molecule has 5 heteroatoms. The van der Waals surface area contributed by atoms with Crippen LogP contribution in [0.15, 0.2) is 0 Å². The van der Waals surface area contributed by atoms with Gasteiger partial charge in [0.1, 0.15) is 5.25 Å². The Morgan fingerprint density at radius 3 is 1.77 bits per heavy atom. The average Bonchev–Trinajstić information content (AvgIpc) is 1.83. The van der Waals surface area contributed by atoms with E-state index in [9.17, 15) is 13.5 Å². The normalized spacial score (nSPS) is 18.3. The number of aliphatic hydroxyl groups is 2. The topological polar surface area (TPSA) is 74.6 Å². The molecule has 0 aliphatic rings. The van der Waals surface area contributed by atoms with Crippen molar-refractivity contribution in [1.29, 1.82) is 0 Å². The molecular formula is C8H18O4S. The number of rotatable bonds is 3. The maximum atomic E-state index is 11.1. The Bertz CT molecular complexity index is 250. The molecule has 80 valence electrons. The maximum Gasteiger partial charge on any atom is 0.155 e. The first-order valence-corrected chi connectivity index (χ1v) is 6.04. The van der Waals surface area contributed by atoms with Crippen LogP contribution in [0.2, 0.25) is 0 Å². The lowest BCUT2D eigenvalue weighted by molar-refractivity contribution is 0.0441. The summed E-state index contributed by atoms with van der Waals surface area (Å²) in [6.07, 6.45) is -0.0319. The minimum Gasteiger partial charge on any atom is -0.395 e. The van der Waals surface area contributed by atoms with Gasteiger partial charge in [-0.15, -0.1) is 0 Å². The fraction of sp³-hybridized carbons (Fsp3) is 1.00. The number of aliphatic hydroxyl groups excluding tert-OH is 2. The van der Waals surface area contributed by atoms with E-state index >= 15 is 0 Å². The highest BCUT2D eigenvalue weighted by atomic mass is 32.2. The van der Waals surface area contributed by atoms with Gasteiger partial charge in [-0.1, -0.05) is 20.8 Å². The van der Waals surface area contributed by atoms with Crippen LogP contribution < -0.4 is 0 Å². The summed E-state index contributed by atoms with van der Waals surface area (Å²) in [7, 11) is -3.40. The van der Waals surface area contributed by atoms with E-state index in [0.717, 1.165) is 6.26 Å². The van der Waals surface area contributed by atoms with Crippen LogP contribution in [-0.4, -0.2) is 42.8 Å². The van der Waals surface area contributed by atoms with Gasteiger partial charge in [0.05, 0.1) is 12.7 Å². The van der Waals surface area contributed by atoms with Gasteiger partial charge in [-0.05, 0) is 5.41 Å². The van der Waals surface area contributed by atoms with Gasteiger partial charge in [-0.25, -0.2) is 8.42 Å². The van der Waals surface area contributed by atoms with E-state index in [1.165, 1.54) is 0 Å². The second-order valence-corrected chi connectivity index (χ2v) is 6.63. The molecule has 0 aliphatic heterocycles. The smallest absolute Gasteiger partial charge is 0.155 e. The van der Waals surface area contributed by atoms with Crippen LogP contribution in [0.25, 0.3) is 0 Å². The van der Waals surface area contributed by atoms with Gasteiger partial charge in [0.15, 0.2) is 9.84 Å². The van der Waals surface area contributed by atoms with Crippen molar-refractivity contribution in [2.24, 2.45) is 5.41 Å². The summed E-state index contributed by atoms with van der Waals surface area (Å²) >= 11 is 0. The van der Waals surface area contributed by atoms with Crippen molar-refractivity contribution in [3.8, 4) is 0 Å². The van der Waals surface area contributed by atoms with Gasteiger partial charge in [-0.2, -0.15) is 0 Å². The van der Waals surface area contributed by atoms with Crippen molar-refractivity contribution in [3.63, 3.8) is 0 Å². The molecule has 0 spiro atoms. The van der Waals surface area contributed by atoms with Crippen molar-refractivity contribution in [2.75, 3.05) is 12.9 Å². The first-order valence-electron chi connectivity index (χ1n) is 4.08. The second-order valence-electron chi connectivity index (χ2n) is 4.36. The molecule has 0 radical (unpaired) electrons. The number of hydrogen-bond donors (Lipinski definition) is 2. The first-order chi connectivity index (χ1) is 5.60. The Hall–Kier alpha value is -0.130. The monoisotopic (exact) mass is 210 g/mol.